The second kappa shape index (κ2) is 5.46. The van der Waals surface area contributed by atoms with E-state index in [2.05, 4.69) is 15.5 Å². The Hall–Kier alpha value is -2.33. The van der Waals surface area contributed by atoms with Crippen LogP contribution in [-0.2, 0) is 0 Å². The van der Waals surface area contributed by atoms with E-state index in [4.69, 9.17) is 11.6 Å². The minimum atomic E-state index is -0.201. The SMILES string of the molecule is Cc1cc(Cl)cc(C)c1Nc1cccc2c(C)n[nH]c(=O)c12. The fourth-order valence-corrected chi connectivity index (χ4v) is 3.02. The molecule has 0 saturated carbocycles. The molecule has 0 spiro atoms. The van der Waals surface area contributed by atoms with Crippen LogP contribution in [0.3, 0.4) is 0 Å². The van der Waals surface area contributed by atoms with Gasteiger partial charge in [0.2, 0.25) is 0 Å². The number of halogens is 1. The zero-order chi connectivity index (χ0) is 15.9. The highest BCUT2D eigenvalue weighted by Crippen LogP contribution is 2.30. The van der Waals surface area contributed by atoms with Crippen LogP contribution < -0.4 is 10.9 Å². The van der Waals surface area contributed by atoms with Gasteiger partial charge in [0.1, 0.15) is 0 Å². The Balaban J connectivity index is 2.21. The van der Waals surface area contributed by atoms with Crippen molar-refractivity contribution in [3.05, 3.63) is 62.5 Å². The summed E-state index contributed by atoms with van der Waals surface area (Å²) in [5, 5.41) is 12.1. The summed E-state index contributed by atoms with van der Waals surface area (Å²) in [4.78, 5) is 12.2. The van der Waals surface area contributed by atoms with Crippen molar-refractivity contribution in [2.24, 2.45) is 0 Å². The number of nitrogens with zero attached hydrogens (tertiary/aromatic N) is 1. The molecule has 4 nitrogen and oxygen atoms in total. The lowest BCUT2D eigenvalue weighted by Gasteiger charge is -2.15. The number of H-pyrrole nitrogens is 1. The number of rotatable bonds is 2. The Morgan fingerprint density at radius 1 is 1.14 bits per heavy atom. The smallest absolute Gasteiger partial charge is 0.274 e. The first-order valence-corrected chi connectivity index (χ1v) is 7.37. The minimum Gasteiger partial charge on any atom is -0.354 e. The third-order valence-corrected chi connectivity index (χ3v) is 3.98. The van der Waals surface area contributed by atoms with Crippen LogP contribution in [0.5, 0.6) is 0 Å². The predicted molar refractivity (Wildman–Crippen MR) is 91.3 cm³/mol. The number of anilines is 2. The molecular weight excluding hydrogens is 298 g/mol. The first-order valence-electron chi connectivity index (χ1n) is 6.99. The predicted octanol–water partition coefficient (Wildman–Crippen LogP) is 4.25. The standard InChI is InChI=1S/C17H16ClN3O/c1-9-7-12(18)8-10(2)16(9)19-14-6-4-5-13-11(3)20-21-17(22)15(13)14/h4-8,19H,1-3H3,(H,21,22). The fourth-order valence-electron chi connectivity index (χ4n) is 2.70. The maximum Gasteiger partial charge on any atom is 0.274 e. The number of nitrogens with one attached hydrogen (secondary N) is 2. The van der Waals surface area contributed by atoms with Crippen molar-refractivity contribution in [3.8, 4) is 0 Å². The van der Waals surface area contributed by atoms with Crippen LogP contribution in [0.25, 0.3) is 10.8 Å². The number of hydrogen-bond acceptors (Lipinski definition) is 3. The summed E-state index contributed by atoms with van der Waals surface area (Å²) in [7, 11) is 0. The van der Waals surface area contributed by atoms with Crippen LogP contribution in [0.4, 0.5) is 11.4 Å². The fraction of sp³-hybridized carbons (Fsp3) is 0.176. The molecule has 1 heterocycles. The summed E-state index contributed by atoms with van der Waals surface area (Å²) in [6, 6.07) is 9.52. The molecule has 5 heteroatoms. The van der Waals surface area contributed by atoms with Gasteiger partial charge in [-0.15, -0.1) is 0 Å². The number of hydrogen-bond donors (Lipinski definition) is 2. The van der Waals surface area contributed by atoms with Gasteiger partial charge in [0.15, 0.2) is 0 Å². The molecule has 0 amide bonds. The normalized spacial score (nSPS) is 10.9. The molecule has 3 rings (SSSR count). The Morgan fingerprint density at radius 3 is 2.50 bits per heavy atom. The van der Waals surface area contributed by atoms with E-state index in [9.17, 15) is 4.79 Å². The molecule has 0 radical (unpaired) electrons. The van der Waals surface area contributed by atoms with Crippen LogP contribution in [0, 0.1) is 20.8 Å². The third kappa shape index (κ3) is 2.46. The summed E-state index contributed by atoms with van der Waals surface area (Å²) < 4.78 is 0. The monoisotopic (exact) mass is 313 g/mol. The molecule has 0 atom stereocenters. The Morgan fingerprint density at radius 2 is 1.82 bits per heavy atom. The van der Waals surface area contributed by atoms with E-state index in [1.54, 1.807) is 0 Å². The largest absolute Gasteiger partial charge is 0.354 e. The molecule has 0 unspecified atom stereocenters. The van der Waals surface area contributed by atoms with Crippen LogP contribution in [-0.4, -0.2) is 10.2 Å². The molecule has 0 aliphatic heterocycles. The van der Waals surface area contributed by atoms with E-state index in [0.29, 0.717) is 10.4 Å². The minimum absolute atomic E-state index is 0.201. The van der Waals surface area contributed by atoms with Crippen molar-refractivity contribution in [1.82, 2.24) is 10.2 Å². The number of aryl methyl sites for hydroxylation is 3. The molecule has 1 aromatic heterocycles. The van der Waals surface area contributed by atoms with E-state index in [1.807, 2.05) is 51.1 Å². The first-order chi connectivity index (χ1) is 10.5. The molecule has 0 fully saturated rings. The molecule has 0 aliphatic rings. The third-order valence-electron chi connectivity index (χ3n) is 3.76. The molecule has 112 valence electrons. The van der Waals surface area contributed by atoms with Gasteiger partial charge in [-0.2, -0.15) is 5.10 Å². The summed E-state index contributed by atoms with van der Waals surface area (Å²) in [6.07, 6.45) is 0. The second-order valence-corrected chi connectivity index (χ2v) is 5.84. The van der Waals surface area contributed by atoms with Crippen molar-refractivity contribution in [2.45, 2.75) is 20.8 Å². The van der Waals surface area contributed by atoms with Crippen molar-refractivity contribution in [3.63, 3.8) is 0 Å². The highest BCUT2D eigenvalue weighted by atomic mass is 35.5. The Bertz CT molecular complexity index is 908. The van der Waals surface area contributed by atoms with E-state index in [1.165, 1.54) is 0 Å². The van der Waals surface area contributed by atoms with Gasteiger partial charge in [0.25, 0.3) is 5.56 Å². The van der Waals surface area contributed by atoms with E-state index < -0.39 is 0 Å². The maximum atomic E-state index is 12.2. The summed E-state index contributed by atoms with van der Waals surface area (Å²) in [5.41, 5.74) is 4.38. The molecule has 0 saturated heterocycles. The lowest BCUT2D eigenvalue weighted by molar-refractivity contribution is 0.970. The molecule has 0 aliphatic carbocycles. The van der Waals surface area contributed by atoms with Gasteiger partial charge in [0.05, 0.1) is 16.8 Å². The average Bonchev–Trinajstić information content (AvgIpc) is 2.46. The Kier molecular flexibility index (Phi) is 3.62. The van der Waals surface area contributed by atoms with Crippen LogP contribution in [0.15, 0.2) is 35.1 Å². The van der Waals surface area contributed by atoms with Crippen LogP contribution >= 0.6 is 11.6 Å². The molecule has 0 bridgehead atoms. The van der Waals surface area contributed by atoms with Gasteiger partial charge < -0.3 is 5.32 Å². The van der Waals surface area contributed by atoms with Gasteiger partial charge in [-0.05, 0) is 50.1 Å². The summed E-state index contributed by atoms with van der Waals surface area (Å²) in [6.45, 7) is 5.85. The maximum absolute atomic E-state index is 12.2. The molecule has 2 N–H and O–H groups in total. The van der Waals surface area contributed by atoms with Gasteiger partial charge in [-0.1, -0.05) is 23.7 Å². The summed E-state index contributed by atoms with van der Waals surface area (Å²) >= 11 is 6.08. The summed E-state index contributed by atoms with van der Waals surface area (Å²) in [5.74, 6) is 0. The van der Waals surface area contributed by atoms with E-state index in [0.717, 1.165) is 33.6 Å². The van der Waals surface area contributed by atoms with Gasteiger partial charge in [0, 0.05) is 16.1 Å². The molecule has 22 heavy (non-hydrogen) atoms. The lowest BCUT2D eigenvalue weighted by Crippen LogP contribution is -2.11. The van der Waals surface area contributed by atoms with Crippen LogP contribution in [0.2, 0.25) is 5.02 Å². The van der Waals surface area contributed by atoms with E-state index in [-0.39, 0.29) is 5.56 Å². The van der Waals surface area contributed by atoms with Crippen LogP contribution in [0.1, 0.15) is 16.8 Å². The van der Waals surface area contributed by atoms with Crippen molar-refractivity contribution >= 4 is 33.7 Å². The van der Waals surface area contributed by atoms with E-state index >= 15 is 0 Å². The Labute approximate surface area is 133 Å². The van der Waals surface area contributed by atoms with Gasteiger partial charge in [-0.25, -0.2) is 5.10 Å². The van der Waals surface area contributed by atoms with Crippen molar-refractivity contribution in [1.29, 1.82) is 0 Å². The highest BCUT2D eigenvalue weighted by Gasteiger charge is 2.11. The van der Waals surface area contributed by atoms with Gasteiger partial charge >= 0.3 is 0 Å². The van der Waals surface area contributed by atoms with Crippen molar-refractivity contribution < 1.29 is 0 Å². The molecular formula is C17H16ClN3O. The second-order valence-electron chi connectivity index (χ2n) is 5.41. The zero-order valence-electron chi connectivity index (χ0n) is 12.6. The number of aromatic amines is 1. The highest BCUT2D eigenvalue weighted by molar-refractivity contribution is 6.30. The lowest BCUT2D eigenvalue weighted by atomic mass is 10.1. The zero-order valence-corrected chi connectivity index (χ0v) is 13.4. The van der Waals surface area contributed by atoms with Crippen molar-refractivity contribution in [2.75, 3.05) is 5.32 Å². The number of aromatic nitrogens is 2. The quantitative estimate of drug-likeness (QED) is 0.743. The molecule has 3 aromatic rings. The average molecular weight is 314 g/mol. The number of benzene rings is 2. The molecule has 2 aromatic carbocycles. The number of fused-ring (bicyclic) bond motifs is 1. The first kappa shape index (κ1) is 14.6. The topological polar surface area (TPSA) is 57.8 Å². The van der Waals surface area contributed by atoms with Gasteiger partial charge in [-0.3, -0.25) is 4.79 Å².